The van der Waals surface area contributed by atoms with Gasteiger partial charge in [-0.25, -0.2) is 0 Å². The Kier molecular flexibility index (Phi) is 5.51. The van der Waals surface area contributed by atoms with Gasteiger partial charge in [0.1, 0.15) is 0 Å². The van der Waals surface area contributed by atoms with Gasteiger partial charge in [0.2, 0.25) is 5.88 Å². The molecule has 7 nitrogen and oxygen atoms in total. The van der Waals surface area contributed by atoms with E-state index in [2.05, 4.69) is 15.5 Å². The fraction of sp³-hybridized carbons (Fsp3) is 0.150. The molecule has 1 N–H and O–H groups in total. The number of rotatable bonds is 6. The van der Waals surface area contributed by atoms with E-state index in [0.717, 1.165) is 5.56 Å². The first-order valence-electron chi connectivity index (χ1n) is 8.16. The Labute approximate surface area is 156 Å². The average Bonchev–Trinajstić information content (AvgIpc) is 2.73. The zero-order chi connectivity index (χ0) is 19.2. The predicted octanol–water partition coefficient (Wildman–Crippen LogP) is 3.42. The molecular formula is C20H19N3O4. The van der Waals surface area contributed by atoms with Gasteiger partial charge < -0.3 is 19.5 Å². The molecule has 0 saturated carbocycles. The minimum Gasteiger partial charge on any atom is -0.493 e. The van der Waals surface area contributed by atoms with Crippen molar-refractivity contribution in [1.29, 1.82) is 0 Å². The Hall–Kier alpha value is -3.61. The standard InChI is InChI=1S/C20H19N3O4/c1-25-17-9-7-14(12-18(17)26-2)20(24)21-15-6-4-5-13(11-15)16-8-10-19(27-3)23-22-16/h4-12H,1-3H3,(H,21,24). The number of hydrogen-bond acceptors (Lipinski definition) is 6. The molecule has 0 aliphatic carbocycles. The number of aromatic nitrogens is 2. The SMILES string of the molecule is COc1ccc(-c2cccc(NC(=O)c3ccc(OC)c(OC)c3)c2)nn1. The van der Waals surface area contributed by atoms with Crippen molar-refractivity contribution in [1.82, 2.24) is 10.2 Å². The molecule has 0 fully saturated rings. The fourth-order valence-corrected chi connectivity index (χ4v) is 2.52. The summed E-state index contributed by atoms with van der Waals surface area (Å²) >= 11 is 0. The molecule has 138 valence electrons. The summed E-state index contributed by atoms with van der Waals surface area (Å²) in [7, 11) is 4.61. The van der Waals surface area contributed by atoms with Gasteiger partial charge in [0.05, 0.1) is 27.0 Å². The van der Waals surface area contributed by atoms with E-state index in [1.807, 2.05) is 18.2 Å². The molecule has 0 unspecified atom stereocenters. The Morgan fingerprint density at radius 3 is 2.33 bits per heavy atom. The van der Waals surface area contributed by atoms with Crippen molar-refractivity contribution < 1.29 is 19.0 Å². The van der Waals surface area contributed by atoms with Crippen LogP contribution in [0.4, 0.5) is 5.69 Å². The lowest BCUT2D eigenvalue weighted by atomic mass is 10.1. The number of hydrogen-bond donors (Lipinski definition) is 1. The zero-order valence-corrected chi connectivity index (χ0v) is 15.2. The van der Waals surface area contributed by atoms with Gasteiger partial charge in [0, 0.05) is 22.9 Å². The largest absolute Gasteiger partial charge is 0.493 e. The molecule has 0 aliphatic rings. The third-order valence-electron chi connectivity index (χ3n) is 3.91. The van der Waals surface area contributed by atoms with Crippen LogP contribution in [0, 0.1) is 0 Å². The van der Waals surface area contributed by atoms with Crippen molar-refractivity contribution >= 4 is 11.6 Å². The number of amides is 1. The van der Waals surface area contributed by atoms with Crippen LogP contribution in [0.1, 0.15) is 10.4 Å². The topological polar surface area (TPSA) is 82.6 Å². The minimum atomic E-state index is -0.256. The first kappa shape index (κ1) is 18.2. The molecule has 0 saturated heterocycles. The molecule has 1 aromatic heterocycles. The van der Waals surface area contributed by atoms with E-state index in [1.54, 1.807) is 43.5 Å². The van der Waals surface area contributed by atoms with E-state index in [1.165, 1.54) is 14.2 Å². The zero-order valence-electron chi connectivity index (χ0n) is 15.2. The summed E-state index contributed by atoms with van der Waals surface area (Å²) < 4.78 is 15.5. The monoisotopic (exact) mass is 365 g/mol. The maximum atomic E-state index is 12.6. The van der Waals surface area contributed by atoms with Crippen LogP contribution in [0.3, 0.4) is 0 Å². The van der Waals surface area contributed by atoms with Gasteiger partial charge in [0.15, 0.2) is 11.5 Å². The van der Waals surface area contributed by atoms with Crippen LogP contribution in [-0.2, 0) is 0 Å². The summed E-state index contributed by atoms with van der Waals surface area (Å²) in [6.45, 7) is 0. The number of methoxy groups -OCH3 is 3. The van der Waals surface area contributed by atoms with E-state index in [0.29, 0.717) is 34.3 Å². The summed E-state index contributed by atoms with van der Waals surface area (Å²) in [6, 6.07) is 15.9. The highest BCUT2D eigenvalue weighted by molar-refractivity contribution is 6.04. The maximum absolute atomic E-state index is 12.6. The number of benzene rings is 2. The number of carbonyl (C=O) groups excluding carboxylic acids is 1. The quantitative estimate of drug-likeness (QED) is 0.721. The molecule has 0 bridgehead atoms. The first-order chi connectivity index (χ1) is 13.1. The van der Waals surface area contributed by atoms with Crippen molar-refractivity contribution in [3.05, 3.63) is 60.2 Å². The highest BCUT2D eigenvalue weighted by Gasteiger charge is 2.11. The van der Waals surface area contributed by atoms with Gasteiger partial charge in [0.25, 0.3) is 5.91 Å². The summed E-state index contributed by atoms with van der Waals surface area (Å²) in [4.78, 5) is 12.6. The molecule has 7 heteroatoms. The lowest BCUT2D eigenvalue weighted by molar-refractivity contribution is 0.102. The van der Waals surface area contributed by atoms with Crippen LogP contribution in [0.25, 0.3) is 11.3 Å². The number of nitrogens with one attached hydrogen (secondary N) is 1. The lowest BCUT2D eigenvalue weighted by Gasteiger charge is -2.10. The van der Waals surface area contributed by atoms with E-state index in [9.17, 15) is 4.79 Å². The molecule has 3 aromatic rings. The maximum Gasteiger partial charge on any atom is 0.255 e. The molecule has 0 atom stereocenters. The predicted molar refractivity (Wildman–Crippen MR) is 102 cm³/mol. The molecule has 1 amide bonds. The average molecular weight is 365 g/mol. The van der Waals surface area contributed by atoms with Gasteiger partial charge >= 0.3 is 0 Å². The highest BCUT2D eigenvalue weighted by atomic mass is 16.5. The number of nitrogens with zero attached hydrogens (tertiary/aromatic N) is 2. The van der Waals surface area contributed by atoms with Crippen LogP contribution in [0.15, 0.2) is 54.6 Å². The Morgan fingerprint density at radius 2 is 1.67 bits per heavy atom. The highest BCUT2D eigenvalue weighted by Crippen LogP contribution is 2.28. The molecule has 0 radical (unpaired) electrons. The molecule has 2 aromatic carbocycles. The van der Waals surface area contributed by atoms with Gasteiger partial charge in [-0.1, -0.05) is 12.1 Å². The number of anilines is 1. The lowest BCUT2D eigenvalue weighted by Crippen LogP contribution is -2.12. The summed E-state index contributed by atoms with van der Waals surface area (Å²) in [5.74, 6) is 1.24. The van der Waals surface area contributed by atoms with Gasteiger partial charge in [-0.3, -0.25) is 4.79 Å². The third kappa shape index (κ3) is 4.14. The van der Waals surface area contributed by atoms with Crippen LogP contribution in [-0.4, -0.2) is 37.4 Å². The summed E-state index contributed by atoms with van der Waals surface area (Å²) in [6.07, 6.45) is 0. The van der Waals surface area contributed by atoms with E-state index in [4.69, 9.17) is 14.2 Å². The smallest absolute Gasteiger partial charge is 0.255 e. The van der Waals surface area contributed by atoms with Crippen LogP contribution < -0.4 is 19.5 Å². The second-order valence-corrected chi connectivity index (χ2v) is 5.57. The van der Waals surface area contributed by atoms with Crippen LogP contribution in [0.5, 0.6) is 17.4 Å². The van der Waals surface area contributed by atoms with Crippen molar-refractivity contribution in [2.24, 2.45) is 0 Å². The van der Waals surface area contributed by atoms with Crippen molar-refractivity contribution in [3.8, 4) is 28.6 Å². The van der Waals surface area contributed by atoms with Gasteiger partial charge in [-0.2, -0.15) is 0 Å². The molecule has 0 aliphatic heterocycles. The van der Waals surface area contributed by atoms with Gasteiger partial charge in [-0.05, 0) is 36.4 Å². The molecule has 1 heterocycles. The third-order valence-corrected chi connectivity index (χ3v) is 3.91. The second-order valence-electron chi connectivity index (χ2n) is 5.57. The fourth-order valence-electron chi connectivity index (χ4n) is 2.52. The molecule has 3 rings (SSSR count). The van der Waals surface area contributed by atoms with Crippen molar-refractivity contribution in [2.45, 2.75) is 0 Å². The summed E-state index contributed by atoms with van der Waals surface area (Å²) in [5, 5.41) is 11.0. The van der Waals surface area contributed by atoms with E-state index in [-0.39, 0.29) is 5.91 Å². The molecular weight excluding hydrogens is 346 g/mol. The van der Waals surface area contributed by atoms with E-state index >= 15 is 0 Å². The van der Waals surface area contributed by atoms with Crippen molar-refractivity contribution in [2.75, 3.05) is 26.6 Å². The normalized spacial score (nSPS) is 10.2. The minimum absolute atomic E-state index is 0.256. The van der Waals surface area contributed by atoms with Crippen LogP contribution in [0.2, 0.25) is 0 Å². The molecule has 27 heavy (non-hydrogen) atoms. The second kappa shape index (κ2) is 8.18. The summed E-state index contributed by atoms with van der Waals surface area (Å²) in [5.41, 5.74) is 2.61. The first-order valence-corrected chi connectivity index (χ1v) is 8.16. The Morgan fingerprint density at radius 1 is 0.852 bits per heavy atom. The van der Waals surface area contributed by atoms with E-state index < -0.39 is 0 Å². The van der Waals surface area contributed by atoms with Crippen LogP contribution >= 0.6 is 0 Å². The van der Waals surface area contributed by atoms with Crippen molar-refractivity contribution in [3.63, 3.8) is 0 Å². The Bertz CT molecular complexity index is 942. The number of ether oxygens (including phenoxy) is 3. The number of carbonyl (C=O) groups is 1. The van der Waals surface area contributed by atoms with Gasteiger partial charge in [-0.15, -0.1) is 10.2 Å². The molecule has 0 spiro atoms. The Balaban J connectivity index is 1.80.